The minimum atomic E-state index is -0.239. The van der Waals surface area contributed by atoms with Gasteiger partial charge < -0.3 is 4.42 Å². The third-order valence-corrected chi connectivity index (χ3v) is 9.11. The lowest BCUT2D eigenvalue weighted by molar-refractivity contribution is -0.0525. The van der Waals surface area contributed by atoms with Crippen LogP contribution in [0.3, 0.4) is 0 Å². The molecule has 0 amide bonds. The van der Waals surface area contributed by atoms with E-state index in [0.717, 1.165) is 24.2 Å². The number of hydrogen-bond donors (Lipinski definition) is 0. The van der Waals surface area contributed by atoms with Crippen molar-refractivity contribution in [1.29, 1.82) is 0 Å². The second-order valence-corrected chi connectivity index (χ2v) is 10.0. The molecular formula is C24H32O2. The van der Waals surface area contributed by atoms with Crippen LogP contribution < -0.4 is 5.63 Å². The summed E-state index contributed by atoms with van der Waals surface area (Å²) in [6.07, 6.45) is 16.8. The van der Waals surface area contributed by atoms with Gasteiger partial charge in [-0.15, -0.1) is 0 Å². The van der Waals surface area contributed by atoms with Gasteiger partial charge in [0.1, 0.15) is 0 Å². The average Bonchev–Trinajstić information content (AvgIpc) is 2.99. The molecule has 1 heterocycles. The van der Waals surface area contributed by atoms with E-state index >= 15 is 0 Å². The Morgan fingerprint density at radius 1 is 1.04 bits per heavy atom. The summed E-state index contributed by atoms with van der Waals surface area (Å²) in [4.78, 5) is 11.4. The van der Waals surface area contributed by atoms with Crippen molar-refractivity contribution in [3.8, 4) is 0 Å². The first-order valence-electron chi connectivity index (χ1n) is 10.8. The fourth-order valence-corrected chi connectivity index (χ4v) is 7.70. The SMILES string of the molecule is CC12CCC3C(CCC4CCCCC43C)C1=CCC2c1ccc(=O)oc1. The van der Waals surface area contributed by atoms with E-state index < -0.39 is 0 Å². The molecule has 0 aliphatic heterocycles. The first kappa shape index (κ1) is 16.8. The molecule has 5 rings (SSSR count). The van der Waals surface area contributed by atoms with Crippen LogP contribution in [0.25, 0.3) is 0 Å². The Morgan fingerprint density at radius 3 is 2.73 bits per heavy atom. The standard InChI is InChI=1S/C24H32O2/c1-23-13-4-3-5-17(23)7-8-18-20-10-9-19(16-6-11-22(25)26-15-16)24(20,2)14-12-21(18)23/h6,10-11,15,17-19,21H,3-5,7-9,12-14H2,1-2H3. The van der Waals surface area contributed by atoms with Crippen molar-refractivity contribution < 1.29 is 4.42 Å². The lowest BCUT2D eigenvalue weighted by Crippen LogP contribution is -2.50. The smallest absolute Gasteiger partial charge is 0.335 e. The first-order valence-corrected chi connectivity index (χ1v) is 10.8. The maximum atomic E-state index is 11.4. The van der Waals surface area contributed by atoms with Gasteiger partial charge in [0.05, 0.1) is 6.26 Å². The fourth-order valence-electron chi connectivity index (χ4n) is 7.70. The van der Waals surface area contributed by atoms with Crippen molar-refractivity contribution in [1.82, 2.24) is 0 Å². The molecule has 6 unspecified atom stereocenters. The van der Waals surface area contributed by atoms with E-state index in [0.29, 0.717) is 11.3 Å². The Hall–Kier alpha value is -1.31. The van der Waals surface area contributed by atoms with Crippen LogP contribution in [-0.2, 0) is 0 Å². The minimum Gasteiger partial charge on any atom is -0.431 e. The lowest BCUT2D eigenvalue weighted by Gasteiger charge is -2.59. The first-order chi connectivity index (χ1) is 12.5. The van der Waals surface area contributed by atoms with Gasteiger partial charge in [-0.3, -0.25) is 0 Å². The molecule has 0 saturated heterocycles. The van der Waals surface area contributed by atoms with Crippen LogP contribution in [0, 0.1) is 28.6 Å². The van der Waals surface area contributed by atoms with Gasteiger partial charge in [-0.05, 0) is 91.1 Å². The Bertz CT molecular complexity index is 769. The third kappa shape index (κ3) is 2.26. The summed E-state index contributed by atoms with van der Waals surface area (Å²) in [6.45, 7) is 5.13. The molecule has 4 aliphatic carbocycles. The van der Waals surface area contributed by atoms with Crippen LogP contribution in [0.1, 0.15) is 83.1 Å². The normalized spacial score (nSPS) is 44.6. The van der Waals surface area contributed by atoms with Crippen LogP contribution in [-0.4, -0.2) is 0 Å². The van der Waals surface area contributed by atoms with Crippen molar-refractivity contribution in [3.63, 3.8) is 0 Å². The highest BCUT2D eigenvalue weighted by Crippen LogP contribution is 2.67. The Labute approximate surface area is 157 Å². The van der Waals surface area contributed by atoms with Crippen molar-refractivity contribution in [3.05, 3.63) is 46.0 Å². The predicted octanol–water partition coefficient (Wildman–Crippen LogP) is 6.08. The maximum absolute atomic E-state index is 11.4. The highest BCUT2D eigenvalue weighted by molar-refractivity contribution is 5.36. The van der Waals surface area contributed by atoms with E-state index in [1.54, 1.807) is 17.9 Å². The van der Waals surface area contributed by atoms with Crippen LogP contribution in [0.15, 0.2) is 39.3 Å². The summed E-state index contributed by atoms with van der Waals surface area (Å²) in [5.74, 6) is 3.16. The highest BCUT2D eigenvalue weighted by atomic mass is 16.4. The van der Waals surface area contributed by atoms with E-state index in [4.69, 9.17) is 4.42 Å². The van der Waals surface area contributed by atoms with Gasteiger partial charge in [-0.25, -0.2) is 4.79 Å². The number of hydrogen-bond acceptors (Lipinski definition) is 2. The number of fused-ring (bicyclic) bond motifs is 5. The molecule has 0 bridgehead atoms. The topological polar surface area (TPSA) is 30.2 Å². The largest absolute Gasteiger partial charge is 0.431 e. The molecule has 1 aromatic rings. The van der Waals surface area contributed by atoms with Crippen LogP contribution in [0.5, 0.6) is 0 Å². The van der Waals surface area contributed by atoms with Crippen LogP contribution in [0.2, 0.25) is 0 Å². The van der Waals surface area contributed by atoms with Crippen LogP contribution in [0.4, 0.5) is 0 Å². The maximum Gasteiger partial charge on any atom is 0.335 e. The van der Waals surface area contributed by atoms with Gasteiger partial charge in [0.15, 0.2) is 0 Å². The molecule has 3 fully saturated rings. The number of rotatable bonds is 1. The summed E-state index contributed by atoms with van der Waals surface area (Å²) >= 11 is 0. The predicted molar refractivity (Wildman–Crippen MR) is 104 cm³/mol. The summed E-state index contributed by atoms with van der Waals surface area (Å²) in [6, 6.07) is 3.60. The van der Waals surface area contributed by atoms with E-state index in [1.165, 1.54) is 56.9 Å². The molecule has 0 N–H and O–H groups in total. The zero-order valence-electron chi connectivity index (χ0n) is 16.3. The molecule has 2 heteroatoms. The second kappa shape index (κ2) is 5.84. The summed E-state index contributed by atoms with van der Waals surface area (Å²) in [5.41, 5.74) is 3.59. The molecular weight excluding hydrogens is 320 g/mol. The van der Waals surface area contributed by atoms with Crippen LogP contribution >= 0.6 is 0 Å². The summed E-state index contributed by atoms with van der Waals surface area (Å²) < 4.78 is 5.21. The second-order valence-electron chi connectivity index (χ2n) is 10.0. The highest BCUT2D eigenvalue weighted by Gasteiger charge is 2.56. The van der Waals surface area contributed by atoms with Crippen molar-refractivity contribution in [2.75, 3.05) is 0 Å². The van der Waals surface area contributed by atoms with Gasteiger partial charge in [0.2, 0.25) is 0 Å². The minimum absolute atomic E-state index is 0.239. The molecule has 0 radical (unpaired) electrons. The van der Waals surface area contributed by atoms with E-state index in [2.05, 4.69) is 19.9 Å². The Morgan fingerprint density at radius 2 is 1.92 bits per heavy atom. The number of allylic oxidation sites excluding steroid dienone is 2. The van der Waals surface area contributed by atoms with Crippen molar-refractivity contribution in [2.24, 2.45) is 28.6 Å². The quantitative estimate of drug-likeness (QED) is 0.574. The Balaban J connectivity index is 1.46. The van der Waals surface area contributed by atoms with Gasteiger partial charge in [0.25, 0.3) is 0 Å². The molecule has 1 aromatic heterocycles. The van der Waals surface area contributed by atoms with E-state index in [1.807, 2.05) is 6.07 Å². The molecule has 3 saturated carbocycles. The molecule has 4 aliphatic rings. The molecule has 2 nitrogen and oxygen atoms in total. The molecule has 26 heavy (non-hydrogen) atoms. The van der Waals surface area contributed by atoms with Gasteiger partial charge in [0, 0.05) is 6.07 Å². The Kier molecular flexibility index (Phi) is 3.78. The van der Waals surface area contributed by atoms with Crippen molar-refractivity contribution >= 4 is 0 Å². The average molecular weight is 353 g/mol. The monoisotopic (exact) mass is 352 g/mol. The molecule has 0 spiro atoms. The van der Waals surface area contributed by atoms with Gasteiger partial charge >= 0.3 is 5.63 Å². The fraction of sp³-hybridized carbons (Fsp3) is 0.708. The zero-order chi connectivity index (χ0) is 17.9. The van der Waals surface area contributed by atoms with Gasteiger partial charge in [-0.2, -0.15) is 0 Å². The summed E-state index contributed by atoms with van der Waals surface area (Å²) in [5, 5.41) is 0. The lowest BCUT2D eigenvalue weighted by atomic mass is 9.46. The molecule has 6 atom stereocenters. The molecule has 140 valence electrons. The third-order valence-electron chi connectivity index (χ3n) is 9.11. The molecule has 0 aromatic carbocycles. The van der Waals surface area contributed by atoms with Crippen molar-refractivity contribution in [2.45, 2.75) is 77.6 Å². The van der Waals surface area contributed by atoms with Gasteiger partial charge in [-0.1, -0.05) is 38.3 Å². The zero-order valence-corrected chi connectivity index (χ0v) is 16.3. The summed E-state index contributed by atoms with van der Waals surface area (Å²) in [7, 11) is 0. The van der Waals surface area contributed by atoms with E-state index in [9.17, 15) is 4.79 Å². The van der Waals surface area contributed by atoms with E-state index in [-0.39, 0.29) is 11.0 Å².